The molecule has 29 heavy (non-hydrogen) atoms. The molecule has 2 aromatic carbocycles. The molecule has 8 nitrogen and oxygen atoms in total. The van der Waals surface area contributed by atoms with Gasteiger partial charge in [-0.3, -0.25) is 24.6 Å². The number of aryl methyl sites for hydroxylation is 2. The van der Waals surface area contributed by atoms with Gasteiger partial charge in [-0.2, -0.15) is 4.98 Å². The number of aromatic amines is 1. The van der Waals surface area contributed by atoms with Crippen LogP contribution in [-0.2, 0) is 24.2 Å². The SMILES string of the molecule is O=C(Cn1cnc2ccc(F)cc2c1=O)Nc1n[nH]c(CCc2ccccc2)n1. The van der Waals surface area contributed by atoms with Gasteiger partial charge in [0.2, 0.25) is 11.9 Å². The zero-order chi connectivity index (χ0) is 20.2. The van der Waals surface area contributed by atoms with E-state index in [1.54, 1.807) is 0 Å². The maximum atomic E-state index is 13.4. The summed E-state index contributed by atoms with van der Waals surface area (Å²) in [5, 5.41) is 9.42. The molecule has 0 saturated carbocycles. The summed E-state index contributed by atoms with van der Waals surface area (Å²) in [6, 6.07) is 13.7. The van der Waals surface area contributed by atoms with Gasteiger partial charge in [-0.15, -0.1) is 5.10 Å². The molecule has 0 unspecified atom stereocenters. The minimum atomic E-state index is -0.539. The Kier molecular flexibility index (Phi) is 5.10. The predicted molar refractivity (Wildman–Crippen MR) is 105 cm³/mol. The fourth-order valence-corrected chi connectivity index (χ4v) is 2.93. The molecule has 0 fully saturated rings. The number of aromatic nitrogens is 5. The minimum absolute atomic E-state index is 0.112. The first-order valence-electron chi connectivity index (χ1n) is 8.98. The van der Waals surface area contributed by atoms with Gasteiger partial charge in [0.25, 0.3) is 5.56 Å². The van der Waals surface area contributed by atoms with E-state index < -0.39 is 17.3 Å². The summed E-state index contributed by atoms with van der Waals surface area (Å²) in [7, 11) is 0. The van der Waals surface area contributed by atoms with Crippen LogP contribution >= 0.6 is 0 Å². The molecule has 0 radical (unpaired) electrons. The molecule has 2 N–H and O–H groups in total. The van der Waals surface area contributed by atoms with Crippen LogP contribution in [0.2, 0.25) is 0 Å². The van der Waals surface area contributed by atoms with Gasteiger partial charge in [0.05, 0.1) is 17.2 Å². The number of nitrogens with zero attached hydrogens (tertiary/aromatic N) is 4. The fourth-order valence-electron chi connectivity index (χ4n) is 2.93. The lowest BCUT2D eigenvalue weighted by Gasteiger charge is -2.06. The monoisotopic (exact) mass is 392 g/mol. The van der Waals surface area contributed by atoms with Crippen LogP contribution in [0.15, 0.2) is 59.7 Å². The Balaban J connectivity index is 1.40. The summed E-state index contributed by atoms with van der Waals surface area (Å²) in [5.74, 6) is -0.254. The zero-order valence-electron chi connectivity index (χ0n) is 15.3. The van der Waals surface area contributed by atoms with Crippen molar-refractivity contribution in [2.75, 3.05) is 5.32 Å². The second-order valence-corrected chi connectivity index (χ2v) is 6.48. The number of benzene rings is 2. The third-order valence-electron chi connectivity index (χ3n) is 4.38. The maximum Gasteiger partial charge on any atom is 0.261 e. The van der Waals surface area contributed by atoms with Crippen molar-refractivity contribution in [2.24, 2.45) is 0 Å². The van der Waals surface area contributed by atoms with Crippen molar-refractivity contribution in [3.8, 4) is 0 Å². The number of carbonyl (C=O) groups is 1. The number of anilines is 1. The smallest absolute Gasteiger partial charge is 0.261 e. The van der Waals surface area contributed by atoms with Crippen LogP contribution in [0, 0.1) is 5.82 Å². The molecule has 0 spiro atoms. The van der Waals surface area contributed by atoms with Crippen molar-refractivity contribution < 1.29 is 9.18 Å². The summed E-state index contributed by atoms with van der Waals surface area (Å²) in [6.45, 7) is -0.286. The van der Waals surface area contributed by atoms with Crippen molar-refractivity contribution in [1.82, 2.24) is 24.7 Å². The van der Waals surface area contributed by atoms with E-state index in [2.05, 4.69) is 25.5 Å². The number of hydrogen-bond acceptors (Lipinski definition) is 5. The lowest BCUT2D eigenvalue weighted by atomic mass is 10.1. The van der Waals surface area contributed by atoms with Gasteiger partial charge in [0.15, 0.2) is 0 Å². The van der Waals surface area contributed by atoms with Crippen LogP contribution in [0.25, 0.3) is 10.9 Å². The van der Waals surface area contributed by atoms with Crippen molar-refractivity contribution in [3.63, 3.8) is 0 Å². The third-order valence-corrected chi connectivity index (χ3v) is 4.38. The van der Waals surface area contributed by atoms with Crippen LogP contribution in [0.5, 0.6) is 0 Å². The molecule has 146 valence electrons. The Morgan fingerprint density at radius 3 is 2.79 bits per heavy atom. The molecule has 9 heteroatoms. The molecule has 2 aromatic heterocycles. The Morgan fingerprint density at radius 2 is 1.97 bits per heavy atom. The second-order valence-electron chi connectivity index (χ2n) is 6.48. The zero-order valence-corrected chi connectivity index (χ0v) is 15.3. The highest BCUT2D eigenvalue weighted by molar-refractivity contribution is 5.89. The quantitative estimate of drug-likeness (QED) is 0.523. The topological polar surface area (TPSA) is 106 Å². The van der Waals surface area contributed by atoms with Gasteiger partial charge in [-0.25, -0.2) is 9.37 Å². The van der Waals surface area contributed by atoms with Crippen molar-refractivity contribution >= 4 is 22.8 Å². The molecule has 0 saturated heterocycles. The van der Waals surface area contributed by atoms with Gasteiger partial charge >= 0.3 is 0 Å². The number of hydrogen-bond donors (Lipinski definition) is 2. The highest BCUT2D eigenvalue weighted by atomic mass is 19.1. The molecule has 0 aliphatic rings. The standard InChI is InChI=1S/C20H17FN6O2/c21-14-7-8-16-15(10-14)19(29)27(12-22-16)11-18(28)24-20-23-17(25-26-20)9-6-13-4-2-1-3-5-13/h1-5,7-8,10,12H,6,9,11H2,(H2,23,24,25,26,28). The van der Waals surface area contributed by atoms with E-state index in [1.807, 2.05) is 30.3 Å². The Hall–Kier alpha value is -3.88. The molecule has 4 aromatic rings. The normalized spacial score (nSPS) is 10.9. The number of nitrogens with one attached hydrogen (secondary N) is 2. The first-order chi connectivity index (χ1) is 14.1. The largest absolute Gasteiger partial charge is 0.292 e. The molecular weight excluding hydrogens is 375 g/mol. The highest BCUT2D eigenvalue weighted by Crippen LogP contribution is 2.09. The Labute approximate surface area is 164 Å². The van der Waals surface area contributed by atoms with Gasteiger partial charge in [0, 0.05) is 6.42 Å². The lowest BCUT2D eigenvalue weighted by Crippen LogP contribution is -2.28. The molecule has 0 atom stereocenters. The summed E-state index contributed by atoms with van der Waals surface area (Å²) < 4.78 is 14.5. The van der Waals surface area contributed by atoms with E-state index in [0.717, 1.165) is 17.1 Å². The average Bonchev–Trinajstić information content (AvgIpc) is 3.17. The molecule has 0 bridgehead atoms. The molecular formula is C20H17FN6O2. The van der Waals surface area contributed by atoms with Crippen LogP contribution in [-0.4, -0.2) is 30.6 Å². The molecule has 0 aliphatic carbocycles. The van der Waals surface area contributed by atoms with Gasteiger partial charge in [0.1, 0.15) is 18.2 Å². The van der Waals surface area contributed by atoms with Gasteiger partial charge < -0.3 is 0 Å². The number of rotatable bonds is 6. The first-order valence-corrected chi connectivity index (χ1v) is 8.98. The summed E-state index contributed by atoms with van der Waals surface area (Å²) >= 11 is 0. The van der Waals surface area contributed by atoms with Crippen LogP contribution in [0.4, 0.5) is 10.3 Å². The van der Waals surface area contributed by atoms with Gasteiger partial charge in [-0.05, 0) is 30.2 Å². The molecule has 1 amide bonds. The number of halogens is 1. The number of amides is 1. The second kappa shape index (κ2) is 8.01. The Bertz CT molecular complexity index is 1220. The number of carbonyl (C=O) groups excluding carboxylic acids is 1. The molecule has 2 heterocycles. The van der Waals surface area contributed by atoms with E-state index in [4.69, 9.17) is 0 Å². The number of fused-ring (bicyclic) bond motifs is 1. The van der Waals surface area contributed by atoms with E-state index in [1.165, 1.54) is 24.0 Å². The van der Waals surface area contributed by atoms with Crippen LogP contribution in [0.1, 0.15) is 11.4 Å². The van der Waals surface area contributed by atoms with Gasteiger partial charge in [-0.1, -0.05) is 30.3 Å². The van der Waals surface area contributed by atoms with Crippen molar-refractivity contribution in [1.29, 1.82) is 0 Å². The predicted octanol–water partition coefficient (Wildman–Crippen LogP) is 2.08. The van der Waals surface area contributed by atoms with Crippen molar-refractivity contribution in [3.05, 3.63) is 82.4 Å². The third kappa shape index (κ3) is 4.34. The summed E-state index contributed by atoms with van der Waals surface area (Å²) in [6.07, 6.45) is 2.69. The molecule has 4 rings (SSSR count). The lowest BCUT2D eigenvalue weighted by molar-refractivity contribution is -0.116. The minimum Gasteiger partial charge on any atom is -0.292 e. The summed E-state index contributed by atoms with van der Waals surface area (Å²) in [4.78, 5) is 33.0. The van der Waals surface area contributed by atoms with E-state index in [9.17, 15) is 14.0 Å². The van der Waals surface area contributed by atoms with E-state index in [-0.39, 0.29) is 17.9 Å². The van der Waals surface area contributed by atoms with E-state index in [0.29, 0.717) is 17.8 Å². The van der Waals surface area contributed by atoms with Crippen LogP contribution in [0.3, 0.4) is 0 Å². The highest BCUT2D eigenvalue weighted by Gasteiger charge is 2.11. The molecule has 0 aliphatic heterocycles. The number of H-pyrrole nitrogens is 1. The first kappa shape index (κ1) is 18.5. The average molecular weight is 392 g/mol. The fraction of sp³-hybridized carbons (Fsp3) is 0.150. The van der Waals surface area contributed by atoms with Crippen LogP contribution < -0.4 is 10.9 Å². The Morgan fingerprint density at radius 1 is 1.14 bits per heavy atom. The summed E-state index contributed by atoms with van der Waals surface area (Å²) in [5.41, 5.74) is 1.04. The van der Waals surface area contributed by atoms with E-state index >= 15 is 0 Å². The van der Waals surface area contributed by atoms with Crippen molar-refractivity contribution in [2.45, 2.75) is 19.4 Å². The maximum absolute atomic E-state index is 13.4.